The van der Waals surface area contributed by atoms with Crippen LogP contribution in [-0.2, 0) is 4.74 Å². The minimum absolute atomic E-state index is 0.285. The summed E-state index contributed by atoms with van der Waals surface area (Å²) in [7, 11) is 4.00. The molecule has 1 unspecified atom stereocenters. The van der Waals surface area contributed by atoms with Crippen molar-refractivity contribution in [2.45, 2.75) is 12.5 Å². The molecular weight excluding hydrogens is 298 g/mol. The van der Waals surface area contributed by atoms with Crippen molar-refractivity contribution in [1.29, 1.82) is 0 Å². The number of rotatable bonds is 6. The van der Waals surface area contributed by atoms with Crippen LogP contribution in [0, 0.1) is 0 Å². The lowest BCUT2D eigenvalue weighted by atomic mass is 10.1. The number of carbonyl (C=O) groups excluding carboxylic acids is 1. The van der Waals surface area contributed by atoms with Crippen LogP contribution in [0.5, 0.6) is 0 Å². The van der Waals surface area contributed by atoms with Gasteiger partial charge < -0.3 is 9.64 Å². The molecule has 0 heterocycles. The third-order valence-electron chi connectivity index (χ3n) is 3.35. The molecular formula is C18H20ClNO2. The van der Waals surface area contributed by atoms with Crippen LogP contribution in [0.15, 0.2) is 54.6 Å². The SMILES string of the molecule is CN(C)CCC(OC(=O)c1ccccc1Cl)c1ccccc1. The summed E-state index contributed by atoms with van der Waals surface area (Å²) < 4.78 is 5.70. The maximum absolute atomic E-state index is 12.4. The fourth-order valence-corrected chi connectivity index (χ4v) is 2.37. The Hall–Kier alpha value is -1.84. The van der Waals surface area contributed by atoms with Gasteiger partial charge in [0, 0.05) is 13.0 Å². The van der Waals surface area contributed by atoms with Crippen LogP contribution >= 0.6 is 11.6 Å². The molecule has 2 rings (SSSR count). The summed E-state index contributed by atoms with van der Waals surface area (Å²) in [5, 5.41) is 0.409. The summed E-state index contributed by atoms with van der Waals surface area (Å²) in [5.41, 5.74) is 1.39. The molecule has 2 aromatic carbocycles. The molecule has 3 nitrogen and oxygen atoms in total. The highest BCUT2D eigenvalue weighted by atomic mass is 35.5. The van der Waals surface area contributed by atoms with E-state index in [4.69, 9.17) is 16.3 Å². The zero-order valence-corrected chi connectivity index (χ0v) is 13.6. The summed E-state index contributed by atoms with van der Waals surface area (Å²) in [6, 6.07) is 16.7. The molecule has 0 spiro atoms. The molecule has 116 valence electrons. The first-order valence-electron chi connectivity index (χ1n) is 7.23. The number of nitrogens with zero attached hydrogens (tertiary/aromatic N) is 1. The lowest BCUT2D eigenvalue weighted by Gasteiger charge is -2.20. The lowest BCUT2D eigenvalue weighted by molar-refractivity contribution is 0.0261. The van der Waals surface area contributed by atoms with Crippen LogP contribution < -0.4 is 0 Å². The van der Waals surface area contributed by atoms with Crippen molar-refractivity contribution in [2.24, 2.45) is 0 Å². The number of benzene rings is 2. The molecule has 0 radical (unpaired) electrons. The maximum atomic E-state index is 12.4. The first kappa shape index (κ1) is 16.5. The van der Waals surface area contributed by atoms with Gasteiger partial charge in [0.1, 0.15) is 6.10 Å². The summed E-state index contributed by atoms with van der Waals surface area (Å²) in [4.78, 5) is 14.4. The Labute approximate surface area is 136 Å². The summed E-state index contributed by atoms with van der Waals surface area (Å²) in [6.45, 7) is 0.829. The second-order valence-electron chi connectivity index (χ2n) is 5.38. The van der Waals surface area contributed by atoms with E-state index in [1.165, 1.54) is 0 Å². The molecule has 0 saturated heterocycles. The third kappa shape index (κ3) is 4.58. The Balaban J connectivity index is 2.16. The number of hydrogen-bond acceptors (Lipinski definition) is 3. The minimum atomic E-state index is -0.391. The largest absolute Gasteiger partial charge is 0.454 e. The molecule has 22 heavy (non-hydrogen) atoms. The molecule has 4 heteroatoms. The number of esters is 1. The molecule has 2 aromatic rings. The van der Waals surface area contributed by atoms with E-state index in [0.29, 0.717) is 10.6 Å². The third-order valence-corrected chi connectivity index (χ3v) is 3.68. The second-order valence-corrected chi connectivity index (χ2v) is 5.78. The van der Waals surface area contributed by atoms with Crippen LogP contribution in [-0.4, -0.2) is 31.5 Å². The molecule has 0 N–H and O–H groups in total. The Morgan fingerprint density at radius 1 is 1.09 bits per heavy atom. The van der Waals surface area contributed by atoms with Crippen molar-refractivity contribution in [3.05, 3.63) is 70.7 Å². The van der Waals surface area contributed by atoms with Gasteiger partial charge in [-0.05, 0) is 31.8 Å². The van der Waals surface area contributed by atoms with Crippen LogP contribution in [0.4, 0.5) is 0 Å². The van der Waals surface area contributed by atoms with Crippen LogP contribution in [0.25, 0.3) is 0 Å². The summed E-state index contributed by atoms with van der Waals surface area (Å²) in [5.74, 6) is -0.391. The first-order valence-corrected chi connectivity index (χ1v) is 7.61. The van der Waals surface area contributed by atoms with Crippen LogP contribution in [0.3, 0.4) is 0 Å². The highest BCUT2D eigenvalue weighted by molar-refractivity contribution is 6.33. The number of ether oxygens (including phenoxy) is 1. The second kappa shape index (κ2) is 7.97. The van der Waals surface area contributed by atoms with E-state index in [2.05, 4.69) is 4.90 Å². The number of carbonyl (C=O) groups is 1. The van der Waals surface area contributed by atoms with Gasteiger partial charge in [0.25, 0.3) is 0 Å². The average molecular weight is 318 g/mol. The number of halogens is 1. The zero-order chi connectivity index (χ0) is 15.9. The van der Waals surface area contributed by atoms with E-state index in [1.54, 1.807) is 24.3 Å². The van der Waals surface area contributed by atoms with E-state index < -0.39 is 5.97 Å². The Bertz CT molecular complexity index is 613. The highest BCUT2D eigenvalue weighted by Gasteiger charge is 2.19. The molecule has 0 fully saturated rings. The predicted molar refractivity (Wildman–Crippen MR) is 89.2 cm³/mol. The monoisotopic (exact) mass is 317 g/mol. The van der Waals surface area contributed by atoms with E-state index in [9.17, 15) is 4.79 Å². The minimum Gasteiger partial charge on any atom is -0.454 e. The van der Waals surface area contributed by atoms with Crippen molar-refractivity contribution in [2.75, 3.05) is 20.6 Å². The molecule has 0 aliphatic rings. The van der Waals surface area contributed by atoms with Gasteiger partial charge in [-0.25, -0.2) is 4.79 Å². The van der Waals surface area contributed by atoms with Gasteiger partial charge in [-0.15, -0.1) is 0 Å². The van der Waals surface area contributed by atoms with Crippen LogP contribution in [0.1, 0.15) is 28.4 Å². The van der Waals surface area contributed by atoms with E-state index in [0.717, 1.165) is 18.5 Å². The van der Waals surface area contributed by atoms with Gasteiger partial charge >= 0.3 is 5.97 Å². The van der Waals surface area contributed by atoms with Crippen molar-refractivity contribution in [3.63, 3.8) is 0 Å². The molecule has 0 aliphatic heterocycles. The Morgan fingerprint density at radius 3 is 2.36 bits per heavy atom. The summed E-state index contributed by atoms with van der Waals surface area (Å²) >= 11 is 6.07. The van der Waals surface area contributed by atoms with Crippen molar-refractivity contribution >= 4 is 17.6 Å². The predicted octanol–water partition coefficient (Wildman–Crippen LogP) is 4.19. The van der Waals surface area contributed by atoms with Gasteiger partial charge in [0.15, 0.2) is 0 Å². The van der Waals surface area contributed by atoms with Gasteiger partial charge in [-0.2, -0.15) is 0 Å². The van der Waals surface area contributed by atoms with E-state index >= 15 is 0 Å². The van der Waals surface area contributed by atoms with Gasteiger partial charge in [-0.1, -0.05) is 54.1 Å². The van der Waals surface area contributed by atoms with Crippen molar-refractivity contribution < 1.29 is 9.53 Å². The smallest absolute Gasteiger partial charge is 0.340 e. The topological polar surface area (TPSA) is 29.5 Å². The molecule has 0 aromatic heterocycles. The quantitative estimate of drug-likeness (QED) is 0.748. The van der Waals surface area contributed by atoms with Gasteiger partial charge in [-0.3, -0.25) is 0 Å². The highest BCUT2D eigenvalue weighted by Crippen LogP contribution is 2.25. The fraction of sp³-hybridized carbons (Fsp3) is 0.278. The normalized spacial score (nSPS) is 12.2. The zero-order valence-electron chi connectivity index (χ0n) is 12.8. The Kier molecular flexibility index (Phi) is 5.99. The van der Waals surface area contributed by atoms with Gasteiger partial charge in [0.05, 0.1) is 10.6 Å². The lowest BCUT2D eigenvalue weighted by Crippen LogP contribution is -2.19. The standard InChI is InChI=1S/C18H20ClNO2/c1-20(2)13-12-17(14-8-4-3-5-9-14)22-18(21)15-10-6-7-11-16(15)19/h3-11,17H,12-13H2,1-2H3. The first-order chi connectivity index (χ1) is 10.6. The van der Waals surface area contributed by atoms with E-state index in [1.807, 2.05) is 44.4 Å². The maximum Gasteiger partial charge on any atom is 0.340 e. The molecule has 1 atom stereocenters. The molecule has 0 bridgehead atoms. The van der Waals surface area contributed by atoms with Gasteiger partial charge in [0.2, 0.25) is 0 Å². The van der Waals surface area contributed by atoms with E-state index in [-0.39, 0.29) is 6.10 Å². The molecule has 0 amide bonds. The summed E-state index contributed by atoms with van der Waals surface area (Å²) in [6.07, 6.45) is 0.445. The van der Waals surface area contributed by atoms with Crippen LogP contribution in [0.2, 0.25) is 5.02 Å². The fourth-order valence-electron chi connectivity index (χ4n) is 2.16. The number of hydrogen-bond donors (Lipinski definition) is 0. The molecule has 0 saturated carbocycles. The average Bonchev–Trinajstić information content (AvgIpc) is 2.52. The molecule has 0 aliphatic carbocycles. The Morgan fingerprint density at radius 2 is 1.73 bits per heavy atom. The van der Waals surface area contributed by atoms with Crippen molar-refractivity contribution in [3.8, 4) is 0 Å². The van der Waals surface area contributed by atoms with Crippen molar-refractivity contribution in [1.82, 2.24) is 4.90 Å².